The molecule has 1 heterocycles. The van der Waals surface area contributed by atoms with Crippen LogP contribution >= 0.6 is 0 Å². The van der Waals surface area contributed by atoms with Gasteiger partial charge >= 0.3 is 0 Å². The van der Waals surface area contributed by atoms with Crippen molar-refractivity contribution in [1.82, 2.24) is 4.98 Å². The number of pyridine rings is 1. The Morgan fingerprint density at radius 2 is 1.69 bits per heavy atom. The number of carbonyl (C=O) groups is 1. The number of hydrogen-bond acceptors (Lipinski definition) is 5. The topological polar surface area (TPSA) is 69.7 Å². The van der Waals surface area contributed by atoms with Gasteiger partial charge in [0.05, 0.1) is 32.0 Å². The zero-order valence-electron chi connectivity index (χ0n) is 18.2. The summed E-state index contributed by atoms with van der Waals surface area (Å²) in [7, 11) is 3.21. The normalized spacial score (nSPS) is 10.6. The lowest BCUT2D eigenvalue weighted by atomic mass is 10.1. The van der Waals surface area contributed by atoms with Crippen molar-refractivity contribution in [2.75, 3.05) is 26.1 Å². The molecule has 162 valence electrons. The number of ether oxygens (including phenoxy) is 3. The number of nitrogens with zero attached hydrogens (tertiary/aromatic N) is 1. The van der Waals surface area contributed by atoms with Gasteiger partial charge in [-0.3, -0.25) is 4.79 Å². The zero-order chi connectivity index (χ0) is 22.5. The second kappa shape index (κ2) is 9.39. The molecule has 0 radical (unpaired) electrons. The van der Waals surface area contributed by atoms with Crippen LogP contribution in [0.5, 0.6) is 17.2 Å². The van der Waals surface area contributed by atoms with E-state index in [1.165, 1.54) is 0 Å². The molecule has 1 amide bonds. The molecule has 0 spiro atoms. The number of rotatable bonds is 7. The van der Waals surface area contributed by atoms with Crippen molar-refractivity contribution < 1.29 is 19.0 Å². The van der Waals surface area contributed by atoms with Crippen LogP contribution in [0.4, 0.5) is 5.69 Å². The summed E-state index contributed by atoms with van der Waals surface area (Å²) >= 11 is 0. The largest absolute Gasteiger partial charge is 0.497 e. The third-order valence-corrected chi connectivity index (χ3v) is 5.05. The van der Waals surface area contributed by atoms with Gasteiger partial charge in [0, 0.05) is 28.3 Å². The summed E-state index contributed by atoms with van der Waals surface area (Å²) in [6, 6.07) is 22.3. The molecule has 3 aromatic carbocycles. The number of aromatic nitrogens is 1. The average molecular weight is 428 g/mol. The maximum absolute atomic E-state index is 12.7. The van der Waals surface area contributed by atoms with Gasteiger partial charge in [0.15, 0.2) is 0 Å². The van der Waals surface area contributed by atoms with Gasteiger partial charge in [0.25, 0.3) is 5.91 Å². The predicted octanol–water partition coefficient (Wildman–Crippen LogP) is 5.57. The van der Waals surface area contributed by atoms with Gasteiger partial charge in [-0.1, -0.05) is 6.07 Å². The number of hydrogen-bond donors (Lipinski definition) is 1. The van der Waals surface area contributed by atoms with Crippen molar-refractivity contribution in [3.05, 3.63) is 78.4 Å². The Balaban J connectivity index is 1.68. The summed E-state index contributed by atoms with van der Waals surface area (Å²) in [5.41, 5.74) is 3.72. The van der Waals surface area contributed by atoms with Gasteiger partial charge in [-0.25, -0.2) is 4.98 Å². The number of methoxy groups -OCH3 is 2. The van der Waals surface area contributed by atoms with Crippen LogP contribution in [0.2, 0.25) is 0 Å². The minimum absolute atomic E-state index is 0.218. The number of benzene rings is 3. The lowest BCUT2D eigenvalue weighted by Crippen LogP contribution is -2.12. The van der Waals surface area contributed by atoms with E-state index in [0.717, 1.165) is 27.9 Å². The number of amides is 1. The van der Waals surface area contributed by atoms with E-state index in [1.807, 2.05) is 55.5 Å². The van der Waals surface area contributed by atoms with Crippen LogP contribution in [0.1, 0.15) is 17.3 Å². The standard InChI is InChI=1S/C26H24N2O4/c1-4-32-25-16-24(17-8-11-20(30-2)12-9-17)28-23-13-10-19(15-22(23)25)27-26(29)18-6-5-7-21(14-18)31-3/h5-16H,4H2,1-3H3,(H,27,29). The van der Waals surface area contributed by atoms with E-state index in [9.17, 15) is 4.79 Å². The van der Waals surface area contributed by atoms with Gasteiger partial charge in [0.2, 0.25) is 0 Å². The highest BCUT2D eigenvalue weighted by molar-refractivity contribution is 6.05. The van der Waals surface area contributed by atoms with E-state index in [0.29, 0.717) is 29.4 Å². The van der Waals surface area contributed by atoms with E-state index in [-0.39, 0.29) is 5.91 Å². The molecule has 0 fully saturated rings. The van der Waals surface area contributed by atoms with Gasteiger partial charge in [-0.05, 0) is 67.6 Å². The molecule has 0 bridgehead atoms. The summed E-state index contributed by atoms with van der Waals surface area (Å²) in [5, 5.41) is 3.76. The van der Waals surface area contributed by atoms with Crippen LogP contribution in [0.25, 0.3) is 22.2 Å². The van der Waals surface area contributed by atoms with Gasteiger partial charge in [-0.15, -0.1) is 0 Å². The first-order valence-electron chi connectivity index (χ1n) is 10.3. The first kappa shape index (κ1) is 21.2. The average Bonchev–Trinajstić information content (AvgIpc) is 2.84. The Morgan fingerprint density at radius 1 is 0.906 bits per heavy atom. The van der Waals surface area contributed by atoms with Gasteiger partial charge < -0.3 is 19.5 Å². The van der Waals surface area contributed by atoms with E-state index in [4.69, 9.17) is 19.2 Å². The maximum atomic E-state index is 12.7. The van der Waals surface area contributed by atoms with Crippen molar-refractivity contribution in [1.29, 1.82) is 0 Å². The summed E-state index contributed by atoms with van der Waals surface area (Å²) in [6.45, 7) is 2.45. The third kappa shape index (κ3) is 4.49. The summed E-state index contributed by atoms with van der Waals surface area (Å²) in [6.07, 6.45) is 0. The molecule has 6 heteroatoms. The first-order valence-corrected chi connectivity index (χ1v) is 10.3. The maximum Gasteiger partial charge on any atom is 0.255 e. The molecule has 0 aliphatic heterocycles. The van der Waals surface area contributed by atoms with Crippen LogP contribution in [-0.4, -0.2) is 31.7 Å². The number of fused-ring (bicyclic) bond motifs is 1. The molecule has 1 aromatic heterocycles. The van der Waals surface area contributed by atoms with Crippen molar-refractivity contribution in [3.63, 3.8) is 0 Å². The SMILES string of the molecule is CCOc1cc(-c2ccc(OC)cc2)nc2ccc(NC(=O)c3cccc(OC)c3)cc12. The molecule has 0 atom stereocenters. The minimum atomic E-state index is -0.218. The van der Waals surface area contributed by atoms with Crippen LogP contribution < -0.4 is 19.5 Å². The van der Waals surface area contributed by atoms with Crippen LogP contribution in [0, 0.1) is 0 Å². The van der Waals surface area contributed by atoms with E-state index in [1.54, 1.807) is 38.5 Å². The molecule has 6 nitrogen and oxygen atoms in total. The fourth-order valence-electron chi connectivity index (χ4n) is 3.42. The molecular formula is C26H24N2O4. The number of nitrogens with one attached hydrogen (secondary N) is 1. The summed E-state index contributed by atoms with van der Waals surface area (Å²) in [4.78, 5) is 17.5. The minimum Gasteiger partial charge on any atom is -0.497 e. The van der Waals surface area contributed by atoms with Crippen LogP contribution in [-0.2, 0) is 0 Å². The molecule has 32 heavy (non-hydrogen) atoms. The van der Waals surface area contributed by atoms with Gasteiger partial charge in [-0.2, -0.15) is 0 Å². The lowest BCUT2D eigenvalue weighted by molar-refractivity contribution is 0.102. The van der Waals surface area contributed by atoms with E-state index in [2.05, 4.69) is 5.32 Å². The molecule has 0 saturated heterocycles. The fraction of sp³-hybridized carbons (Fsp3) is 0.154. The lowest BCUT2D eigenvalue weighted by Gasteiger charge is -2.13. The number of anilines is 1. The first-order chi connectivity index (χ1) is 15.6. The molecule has 0 unspecified atom stereocenters. The Hall–Kier alpha value is -4.06. The molecule has 0 saturated carbocycles. The predicted molar refractivity (Wildman–Crippen MR) is 126 cm³/mol. The number of carbonyl (C=O) groups excluding carboxylic acids is 1. The quantitative estimate of drug-likeness (QED) is 0.417. The molecule has 4 rings (SSSR count). The Bertz CT molecular complexity index is 1250. The smallest absolute Gasteiger partial charge is 0.255 e. The second-order valence-corrected chi connectivity index (χ2v) is 7.09. The zero-order valence-corrected chi connectivity index (χ0v) is 18.2. The van der Waals surface area contributed by atoms with Crippen molar-refractivity contribution >= 4 is 22.5 Å². The molecule has 0 aliphatic rings. The third-order valence-electron chi connectivity index (χ3n) is 5.05. The van der Waals surface area contributed by atoms with Gasteiger partial charge in [0.1, 0.15) is 17.2 Å². The Labute approximate surface area is 186 Å². The molecular weight excluding hydrogens is 404 g/mol. The molecule has 0 aliphatic carbocycles. The highest BCUT2D eigenvalue weighted by atomic mass is 16.5. The fourth-order valence-corrected chi connectivity index (χ4v) is 3.42. The Morgan fingerprint density at radius 3 is 2.41 bits per heavy atom. The van der Waals surface area contributed by atoms with Crippen molar-refractivity contribution in [3.8, 4) is 28.5 Å². The monoisotopic (exact) mass is 428 g/mol. The molecule has 4 aromatic rings. The highest BCUT2D eigenvalue weighted by Gasteiger charge is 2.12. The second-order valence-electron chi connectivity index (χ2n) is 7.09. The Kier molecular flexibility index (Phi) is 6.22. The summed E-state index contributed by atoms with van der Waals surface area (Å²) < 4.78 is 16.4. The van der Waals surface area contributed by atoms with Crippen molar-refractivity contribution in [2.24, 2.45) is 0 Å². The van der Waals surface area contributed by atoms with Crippen LogP contribution in [0.3, 0.4) is 0 Å². The summed E-state index contributed by atoms with van der Waals surface area (Å²) in [5.74, 6) is 1.91. The van der Waals surface area contributed by atoms with Crippen LogP contribution in [0.15, 0.2) is 72.8 Å². The van der Waals surface area contributed by atoms with E-state index < -0.39 is 0 Å². The van der Waals surface area contributed by atoms with E-state index >= 15 is 0 Å². The molecule has 1 N–H and O–H groups in total. The highest BCUT2D eigenvalue weighted by Crippen LogP contribution is 2.32. The van der Waals surface area contributed by atoms with Crippen molar-refractivity contribution in [2.45, 2.75) is 6.92 Å².